The minimum atomic E-state index is -3.76. The third-order valence-electron chi connectivity index (χ3n) is 2.60. The summed E-state index contributed by atoms with van der Waals surface area (Å²) < 4.78 is 26.8. The number of amides is 1. The van der Waals surface area contributed by atoms with Gasteiger partial charge in [-0.05, 0) is 30.3 Å². The zero-order valence-electron chi connectivity index (χ0n) is 11.0. The Hall–Kier alpha value is -2.37. The van der Waals surface area contributed by atoms with E-state index in [4.69, 9.17) is 5.26 Å². The standard InChI is InChI=1S/C13H11N3O3S2/c1-15-13(17)12-6-11(8-20-12)21(18,19)16-10-4-2-9(7-14)3-5-10/h2-6,8,16H,1H3,(H,15,17). The number of nitriles is 1. The smallest absolute Gasteiger partial charge is 0.262 e. The maximum Gasteiger partial charge on any atom is 0.262 e. The van der Waals surface area contributed by atoms with E-state index in [1.165, 1.54) is 42.8 Å². The van der Waals surface area contributed by atoms with Gasteiger partial charge in [0.2, 0.25) is 0 Å². The molecule has 108 valence electrons. The van der Waals surface area contributed by atoms with Crippen LogP contribution < -0.4 is 10.0 Å². The molecular weight excluding hydrogens is 310 g/mol. The fourth-order valence-corrected chi connectivity index (χ4v) is 3.81. The van der Waals surface area contributed by atoms with Crippen LogP contribution in [0.1, 0.15) is 15.2 Å². The van der Waals surface area contributed by atoms with Crippen LogP contribution in [0.15, 0.2) is 40.6 Å². The summed E-state index contributed by atoms with van der Waals surface area (Å²) in [5.74, 6) is -0.333. The average molecular weight is 321 g/mol. The van der Waals surface area contributed by atoms with Gasteiger partial charge in [0.25, 0.3) is 15.9 Å². The quantitative estimate of drug-likeness (QED) is 0.896. The molecule has 2 rings (SSSR count). The lowest BCUT2D eigenvalue weighted by Gasteiger charge is -2.06. The Morgan fingerprint density at radius 3 is 2.52 bits per heavy atom. The first-order valence-electron chi connectivity index (χ1n) is 5.80. The fourth-order valence-electron chi connectivity index (χ4n) is 1.53. The molecule has 1 amide bonds. The van der Waals surface area contributed by atoms with Crippen molar-refractivity contribution in [2.45, 2.75) is 4.90 Å². The van der Waals surface area contributed by atoms with Crippen molar-refractivity contribution in [3.8, 4) is 6.07 Å². The van der Waals surface area contributed by atoms with E-state index in [0.717, 1.165) is 11.3 Å². The minimum Gasteiger partial charge on any atom is -0.354 e. The molecule has 2 N–H and O–H groups in total. The molecule has 1 aromatic carbocycles. The molecule has 0 radical (unpaired) electrons. The first-order chi connectivity index (χ1) is 9.96. The van der Waals surface area contributed by atoms with E-state index in [0.29, 0.717) is 16.1 Å². The molecule has 0 aliphatic rings. The Kier molecular flexibility index (Phi) is 4.26. The normalized spacial score (nSPS) is 10.7. The number of anilines is 1. The van der Waals surface area contributed by atoms with E-state index in [9.17, 15) is 13.2 Å². The monoisotopic (exact) mass is 321 g/mol. The third kappa shape index (κ3) is 3.39. The van der Waals surface area contributed by atoms with Crippen molar-refractivity contribution in [1.82, 2.24) is 5.32 Å². The van der Waals surface area contributed by atoms with Crippen LogP contribution in [0, 0.1) is 11.3 Å². The molecule has 1 heterocycles. The molecule has 2 aromatic rings. The molecule has 0 saturated carbocycles. The highest BCUT2D eigenvalue weighted by Crippen LogP contribution is 2.22. The minimum absolute atomic E-state index is 0.0236. The molecule has 8 heteroatoms. The van der Waals surface area contributed by atoms with Gasteiger partial charge in [-0.3, -0.25) is 9.52 Å². The predicted molar refractivity (Wildman–Crippen MR) is 79.7 cm³/mol. The number of rotatable bonds is 4. The third-order valence-corrected chi connectivity index (χ3v) is 5.04. The van der Waals surface area contributed by atoms with Crippen LogP contribution in [-0.2, 0) is 10.0 Å². The van der Waals surface area contributed by atoms with Gasteiger partial charge in [-0.25, -0.2) is 8.42 Å². The zero-order valence-corrected chi connectivity index (χ0v) is 12.6. The summed E-state index contributed by atoms with van der Waals surface area (Å²) in [4.78, 5) is 11.8. The lowest BCUT2D eigenvalue weighted by molar-refractivity contribution is 0.0967. The van der Waals surface area contributed by atoms with Gasteiger partial charge in [-0.15, -0.1) is 11.3 Å². The van der Waals surface area contributed by atoms with E-state index in [2.05, 4.69) is 10.0 Å². The Bertz CT molecular complexity index is 802. The number of sulfonamides is 1. The topological polar surface area (TPSA) is 99.1 Å². The molecular formula is C13H11N3O3S2. The molecule has 0 unspecified atom stereocenters. The average Bonchev–Trinajstić information content (AvgIpc) is 2.97. The molecule has 0 aliphatic heterocycles. The number of thiophene rings is 1. The largest absolute Gasteiger partial charge is 0.354 e. The van der Waals surface area contributed by atoms with E-state index >= 15 is 0 Å². The maximum atomic E-state index is 12.2. The molecule has 1 aromatic heterocycles. The summed E-state index contributed by atoms with van der Waals surface area (Å²) in [5.41, 5.74) is 0.789. The van der Waals surface area contributed by atoms with Gasteiger partial charge in [0, 0.05) is 18.1 Å². The Morgan fingerprint density at radius 1 is 1.29 bits per heavy atom. The Balaban J connectivity index is 2.23. The molecule has 0 bridgehead atoms. The van der Waals surface area contributed by atoms with Gasteiger partial charge in [-0.2, -0.15) is 5.26 Å². The van der Waals surface area contributed by atoms with Crippen molar-refractivity contribution < 1.29 is 13.2 Å². The summed E-state index contributed by atoms with van der Waals surface area (Å²) in [6, 6.07) is 9.30. The Labute approximate surface area is 126 Å². The van der Waals surface area contributed by atoms with Gasteiger partial charge >= 0.3 is 0 Å². The summed E-state index contributed by atoms with van der Waals surface area (Å²) >= 11 is 1.05. The number of hydrogen-bond acceptors (Lipinski definition) is 5. The van der Waals surface area contributed by atoms with Crippen LogP contribution in [-0.4, -0.2) is 21.4 Å². The maximum absolute atomic E-state index is 12.2. The van der Waals surface area contributed by atoms with Crippen LogP contribution in [0.4, 0.5) is 5.69 Å². The highest BCUT2D eigenvalue weighted by atomic mass is 32.2. The van der Waals surface area contributed by atoms with Crippen LogP contribution in [0.2, 0.25) is 0 Å². The number of nitrogens with one attached hydrogen (secondary N) is 2. The van der Waals surface area contributed by atoms with Gasteiger partial charge in [0.05, 0.1) is 21.4 Å². The molecule has 0 aliphatic carbocycles. The van der Waals surface area contributed by atoms with Gasteiger partial charge in [0.1, 0.15) is 0 Å². The lowest BCUT2D eigenvalue weighted by Crippen LogP contribution is -2.16. The molecule has 6 nitrogen and oxygen atoms in total. The highest BCUT2D eigenvalue weighted by molar-refractivity contribution is 7.92. The van der Waals surface area contributed by atoms with Crippen LogP contribution >= 0.6 is 11.3 Å². The summed E-state index contributed by atoms with van der Waals surface area (Å²) in [5, 5.41) is 12.5. The predicted octanol–water partition coefficient (Wildman–Crippen LogP) is 1.78. The van der Waals surface area contributed by atoms with E-state index in [1.807, 2.05) is 6.07 Å². The lowest BCUT2D eigenvalue weighted by atomic mass is 10.2. The molecule has 21 heavy (non-hydrogen) atoms. The number of carbonyl (C=O) groups excluding carboxylic acids is 1. The second kappa shape index (κ2) is 5.95. The first-order valence-corrected chi connectivity index (χ1v) is 8.16. The fraction of sp³-hybridized carbons (Fsp3) is 0.0769. The number of nitrogens with zero attached hydrogens (tertiary/aromatic N) is 1. The van der Waals surface area contributed by atoms with Crippen LogP contribution in [0.5, 0.6) is 0 Å². The molecule has 0 saturated heterocycles. The molecule has 0 atom stereocenters. The van der Waals surface area contributed by atoms with Crippen molar-refractivity contribution >= 4 is 33.0 Å². The van der Waals surface area contributed by atoms with Crippen LogP contribution in [0.25, 0.3) is 0 Å². The van der Waals surface area contributed by atoms with Gasteiger partial charge in [0.15, 0.2) is 0 Å². The zero-order chi connectivity index (χ0) is 15.5. The van der Waals surface area contributed by atoms with E-state index in [1.54, 1.807) is 0 Å². The van der Waals surface area contributed by atoms with Gasteiger partial charge < -0.3 is 5.32 Å². The SMILES string of the molecule is CNC(=O)c1cc(S(=O)(=O)Nc2ccc(C#N)cc2)cs1. The summed E-state index contributed by atoms with van der Waals surface area (Å²) in [6.45, 7) is 0. The first kappa shape index (κ1) is 15.0. The molecule has 0 spiro atoms. The number of carbonyl (C=O) groups is 1. The number of hydrogen-bond donors (Lipinski definition) is 2. The van der Waals surface area contributed by atoms with Crippen molar-refractivity contribution in [1.29, 1.82) is 5.26 Å². The second-order valence-electron chi connectivity index (χ2n) is 4.02. The van der Waals surface area contributed by atoms with Crippen molar-refractivity contribution in [3.05, 3.63) is 46.2 Å². The van der Waals surface area contributed by atoms with Crippen molar-refractivity contribution in [3.63, 3.8) is 0 Å². The Morgan fingerprint density at radius 2 is 1.95 bits per heavy atom. The highest BCUT2D eigenvalue weighted by Gasteiger charge is 2.18. The van der Waals surface area contributed by atoms with Crippen molar-refractivity contribution in [2.75, 3.05) is 11.8 Å². The van der Waals surface area contributed by atoms with E-state index < -0.39 is 10.0 Å². The van der Waals surface area contributed by atoms with Crippen LogP contribution in [0.3, 0.4) is 0 Å². The van der Waals surface area contributed by atoms with Gasteiger partial charge in [-0.1, -0.05) is 0 Å². The second-order valence-corrected chi connectivity index (χ2v) is 6.61. The summed E-state index contributed by atoms with van der Waals surface area (Å²) in [6.07, 6.45) is 0. The van der Waals surface area contributed by atoms with E-state index in [-0.39, 0.29) is 10.8 Å². The summed E-state index contributed by atoms with van der Waals surface area (Å²) in [7, 11) is -2.28. The van der Waals surface area contributed by atoms with Crippen molar-refractivity contribution in [2.24, 2.45) is 0 Å². The molecule has 0 fully saturated rings. The number of benzene rings is 1.